The molecule has 0 atom stereocenters. The van der Waals surface area contributed by atoms with Gasteiger partial charge in [0.25, 0.3) is 11.8 Å². The van der Waals surface area contributed by atoms with Crippen molar-refractivity contribution >= 4 is 17.5 Å². The summed E-state index contributed by atoms with van der Waals surface area (Å²) >= 11 is 0. The van der Waals surface area contributed by atoms with Crippen molar-refractivity contribution in [2.24, 2.45) is 0 Å². The molecule has 0 aliphatic carbocycles. The van der Waals surface area contributed by atoms with Gasteiger partial charge in [-0.05, 0) is 30.3 Å². The van der Waals surface area contributed by atoms with Gasteiger partial charge in [0.2, 0.25) is 0 Å². The third-order valence-electron chi connectivity index (χ3n) is 4.79. The number of piperazine rings is 1. The molecule has 3 rings (SSSR count). The first-order valence-corrected chi connectivity index (χ1v) is 8.99. The van der Waals surface area contributed by atoms with Crippen molar-refractivity contribution in [2.45, 2.75) is 0 Å². The fraction of sp³-hybridized carbons (Fsp3) is 0.300. The average Bonchev–Trinajstić information content (AvgIpc) is 2.77. The molecule has 1 heterocycles. The number of ether oxygens (including phenoxy) is 2. The lowest BCUT2D eigenvalue weighted by atomic mass is 10.1. The number of carbonyl (C=O) groups is 2. The van der Waals surface area contributed by atoms with Gasteiger partial charge in [0.05, 0.1) is 19.1 Å². The van der Waals surface area contributed by atoms with Gasteiger partial charge in [-0.15, -0.1) is 0 Å². The fourth-order valence-electron chi connectivity index (χ4n) is 3.20. The van der Waals surface area contributed by atoms with E-state index in [1.54, 1.807) is 34.1 Å². The SMILES string of the molecule is COc1cccc(C(=O)N2CCN(C(=O)c3ccc(OC)c([N+](=O)[O-])c3)CC2)c1. The van der Waals surface area contributed by atoms with E-state index in [-0.39, 0.29) is 28.8 Å². The molecule has 1 aliphatic heterocycles. The molecule has 1 fully saturated rings. The van der Waals surface area contributed by atoms with Crippen LogP contribution in [0.2, 0.25) is 0 Å². The molecule has 1 saturated heterocycles. The Morgan fingerprint density at radius 1 is 0.897 bits per heavy atom. The molecule has 2 aromatic rings. The first-order valence-electron chi connectivity index (χ1n) is 8.99. The molecule has 2 amide bonds. The first-order chi connectivity index (χ1) is 13.9. The van der Waals surface area contributed by atoms with Crippen LogP contribution in [0.5, 0.6) is 11.5 Å². The molecule has 9 nitrogen and oxygen atoms in total. The molecule has 0 spiro atoms. The standard InChI is InChI=1S/C20H21N3O6/c1-28-16-5-3-4-14(12-16)19(24)21-8-10-22(11-9-21)20(25)15-6-7-18(29-2)17(13-15)23(26)27/h3-7,12-13H,8-11H2,1-2H3. The fourth-order valence-corrected chi connectivity index (χ4v) is 3.20. The average molecular weight is 399 g/mol. The first kappa shape index (κ1) is 20.1. The smallest absolute Gasteiger partial charge is 0.311 e. The van der Waals surface area contributed by atoms with Crippen LogP contribution in [-0.4, -0.2) is 66.9 Å². The Bertz CT molecular complexity index is 938. The van der Waals surface area contributed by atoms with E-state index in [9.17, 15) is 19.7 Å². The van der Waals surface area contributed by atoms with Gasteiger partial charge >= 0.3 is 5.69 Å². The van der Waals surface area contributed by atoms with Gasteiger partial charge in [-0.25, -0.2) is 0 Å². The van der Waals surface area contributed by atoms with Gasteiger partial charge in [-0.1, -0.05) is 6.07 Å². The highest BCUT2D eigenvalue weighted by atomic mass is 16.6. The van der Waals surface area contributed by atoms with Crippen LogP contribution in [0.1, 0.15) is 20.7 Å². The third kappa shape index (κ3) is 4.29. The van der Waals surface area contributed by atoms with E-state index in [4.69, 9.17) is 9.47 Å². The summed E-state index contributed by atoms with van der Waals surface area (Å²) < 4.78 is 10.1. The molecule has 152 valence electrons. The molecule has 0 aromatic heterocycles. The Morgan fingerprint density at radius 3 is 2.00 bits per heavy atom. The van der Waals surface area contributed by atoms with Crippen molar-refractivity contribution < 1.29 is 24.0 Å². The number of hydrogen-bond donors (Lipinski definition) is 0. The Kier molecular flexibility index (Phi) is 5.96. The van der Waals surface area contributed by atoms with E-state index in [0.717, 1.165) is 0 Å². The second-order valence-electron chi connectivity index (χ2n) is 6.46. The molecule has 0 bridgehead atoms. The lowest BCUT2D eigenvalue weighted by Crippen LogP contribution is -2.50. The van der Waals surface area contributed by atoms with Gasteiger partial charge in [-0.3, -0.25) is 19.7 Å². The Morgan fingerprint density at radius 2 is 1.48 bits per heavy atom. The maximum Gasteiger partial charge on any atom is 0.311 e. The minimum absolute atomic E-state index is 0.0975. The molecule has 2 aromatic carbocycles. The summed E-state index contributed by atoms with van der Waals surface area (Å²) in [6.45, 7) is 1.43. The summed E-state index contributed by atoms with van der Waals surface area (Å²) in [6.07, 6.45) is 0. The van der Waals surface area contributed by atoms with Crippen LogP contribution in [0, 0.1) is 10.1 Å². The van der Waals surface area contributed by atoms with Crippen molar-refractivity contribution in [3.8, 4) is 11.5 Å². The Labute approximate surface area is 167 Å². The van der Waals surface area contributed by atoms with E-state index in [2.05, 4.69) is 0 Å². The van der Waals surface area contributed by atoms with Gasteiger partial charge < -0.3 is 19.3 Å². The summed E-state index contributed by atoms with van der Waals surface area (Å²) in [5.41, 5.74) is 0.477. The second kappa shape index (κ2) is 8.59. The second-order valence-corrected chi connectivity index (χ2v) is 6.46. The van der Waals surface area contributed by atoms with Crippen LogP contribution >= 0.6 is 0 Å². The van der Waals surface area contributed by atoms with Crippen LogP contribution in [0.25, 0.3) is 0 Å². The molecular formula is C20H21N3O6. The van der Waals surface area contributed by atoms with Gasteiger partial charge in [-0.2, -0.15) is 0 Å². The molecular weight excluding hydrogens is 378 g/mol. The van der Waals surface area contributed by atoms with E-state index < -0.39 is 4.92 Å². The lowest BCUT2D eigenvalue weighted by molar-refractivity contribution is -0.385. The highest BCUT2D eigenvalue weighted by Crippen LogP contribution is 2.28. The molecule has 1 aliphatic rings. The van der Waals surface area contributed by atoms with Crippen LogP contribution < -0.4 is 9.47 Å². The summed E-state index contributed by atoms with van der Waals surface area (Å²) in [5, 5.41) is 11.2. The minimum Gasteiger partial charge on any atom is -0.497 e. The number of nitrogens with zero attached hydrogens (tertiary/aromatic N) is 3. The number of methoxy groups -OCH3 is 2. The predicted octanol–water partition coefficient (Wildman–Crippen LogP) is 2.21. The quantitative estimate of drug-likeness (QED) is 0.564. The summed E-state index contributed by atoms with van der Waals surface area (Å²) in [5.74, 6) is 0.256. The number of hydrogen-bond acceptors (Lipinski definition) is 6. The monoisotopic (exact) mass is 399 g/mol. The maximum atomic E-state index is 12.7. The van der Waals surface area contributed by atoms with E-state index in [1.807, 2.05) is 0 Å². The van der Waals surface area contributed by atoms with Crippen molar-refractivity contribution in [3.63, 3.8) is 0 Å². The van der Waals surface area contributed by atoms with Crippen molar-refractivity contribution in [2.75, 3.05) is 40.4 Å². The summed E-state index contributed by atoms with van der Waals surface area (Å²) in [7, 11) is 2.87. The highest BCUT2D eigenvalue weighted by molar-refractivity contribution is 5.96. The number of rotatable bonds is 5. The molecule has 0 unspecified atom stereocenters. The molecule has 0 saturated carbocycles. The number of nitro groups is 1. The molecule has 0 radical (unpaired) electrons. The zero-order valence-electron chi connectivity index (χ0n) is 16.2. The topological polar surface area (TPSA) is 102 Å². The van der Waals surface area contributed by atoms with E-state index >= 15 is 0 Å². The number of benzene rings is 2. The Balaban J connectivity index is 1.67. The van der Waals surface area contributed by atoms with E-state index in [0.29, 0.717) is 37.5 Å². The third-order valence-corrected chi connectivity index (χ3v) is 4.79. The van der Waals surface area contributed by atoms with Crippen LogP contribution in [0.3, 0.4) is 0 Å². The number of nitro benzene ring substituents is 1. The van der Waals surface area contributed by atoms with Crippen molar-refractivity contribution in [3.05, 3.63) is 63.7 Å². The van der Waals surface area contributed by atoms with Crippen molar-refractivity contribution in [1.29, 1.82) is 0 Å². The largest absolute Gasteiger partial charge is 0.497 e. The minimum atomic E-state index is -0.583. The maximum absolute atomic E-state index is 12.7. The molecule has 29 heavy (non-hydrogen) atoms. The van der Waals surface area contributed by atoms with Crippen molar-refractivity contribution in [1.82, 2.24) is 9.80 Å². The molecule has 0 N–H and O–H groups in total. The Hall–Kier alpha value is -3.62. The molecule has 9 heteroatoms. The number of carbonyl (C=O) groups excluding carboxylic acids is 2. The van der Waals surface area contributed by atoms with Crippen LogP contribution in [0.4, 0.5) is 5.69 Å². The van der Waals surface area contributed by atoms with Gasteiger partial charge in [0.1, 0.15) is 5.75 Å². The highest BCUT2D eigenvalue weighted by Gasteiger charge is 2.27. The summed E-state index contributed by atoms with van der Waals surface area (Å²) in [4.78, 5) is 39.3. The zero-order valence-corrected chi connectivity index (χ0v) is 16.2. The van der Waals surface area contributed by atoms with E-state index in [1.165, 1.54) is 32.4 Å². The number of amides is 2. The van der Waals surface area contributed by atoms with Crippen LogP contribution in [-0.2, 0) is 0 Å². The van der Waals surface area contributed by atoms with Crippen LogP contribution in [0.15, 0.2) is 42.5 Å². The lowest BCUT2D eigenvalue weighted by Gasteiger charge is -2.35. The summed E-state index contributed by atoms with van der Waals surface area (Å²) in [6, 6.07) is 11.0. The van der Waals surface area contributed by atoms with Gasteiger partial charge in [0.15, 0.2) is 5.75 Å². The predicted molar refractivity (Wildman–Crippen MR) is 104 cm³/mol. The normalized spacial score (nSPS) is 13.7. The zero-order chi connectivity index (χ0) is 21.0. The van der Waals surface area contributed by atoms with Gasteiger partial charge in [0, 0.05) is 43.4 Å².